The molecule has 0 spiro atoms. The van der Waals surface area contributed by atoms with Gasteiger partial charge in [-0.3, -0.25) is 9.59 Å². The molecular weight excluding hydrogens is 666 g/mol. The van der Waals surface area contributed by atoms with Gasteiger partial charge in [0, 0.05) is 28.3 Å². The molecule has 17 heteroatoms. The van der Waals surface area contributed by atoms with E-state index in [2.05, 4.69) is 10.6 Å². The Labute approximate surface area is 281 Å². The SMILES string of the molecule is Cc1oc(=O)oc1COC(=O)C1=C(S[C@@H]2CN[C@H](C(=O)Nc3cccc(C(=O)OCc4oc(=O)oc4C)c3)C2)[C@H](C)[C@@H]2[C@@H]([C@@H](C)O)C(=O)N12. The number of carbonyl (C=O) groups is 4. The molecule has 2 saturated heterocycles. The number of nitrogens with one attached hydrogen (secondary N) is 2. The smallest absolute Gasteiger partial charge is 0.454 e. The van der Waals surface area contributed by atoms with Crippen LogP contribution in [0, 0.1) is 25.7 Å². The number of anilines is 1. The lowest BCUT2D eigenvalue weighted by molar-refractivity contribution is -0.164. The fourth-order valence-electron chi connectivity index (χ4n) is 6.22. The number of benzene rings is 1. The van der Waals surface area contributed by atoms with Crippen molar-refractivity contribution in [2.75, 3.05) is 11.9 Å². The number of ether oxygens (including phenoxy) is 2. The van der Waals surface area contributed by atoms with Gasteiger partial charge in [-0.15, -0.1) is 11.8 Å². The lowest BCUT2D eigenvalue weighted by atomic mass is 9.79. The molecule has 3 aliphatic heterocycles. The Hall–Kier alpha value is -4.87. The lowest BCUT2D eigenvalue weighted by Gasteiger charge is -2.46. The monoisotopic (exact) mass is 699 g/mol. The summed E-state index contributed by atoms with van der Waals surface area (Å²) in [5.41, 5.74) is 0.585. The van der Waals surface area contributed by atoms with Crippen LogP contribution >= 0.6 is 11.8 Å². The number of fused-ring (bicyclic) bond motifs is 1. The Morgan fingerprint density at radius 3 is 2.24 bits per heavy atom. The van der Waals surface area contributed by atoms with Crippen LogP contribution < -0.4 is 22.3 Å². The van der Waals surface area contributed by atoms with Gasteiger partial charge in [0.1, 0.15) is 5.70 Å². The zero-order valence-corrected chi connectivity index (χ0v) is 27.6. The van der Waals surface area contributed by atoms with Crippen molar-refractivity contribution in [2.45, 2.75) is 70.8 Å². The summed E-state index contributed by atoms with van der Waals surface area (Å²) >= 11 is 1.37. The second-order valence-corrected chi connectivity index (χ2v) is 13.3. The average molecular weight is 700 g/mol. The van der Waals surface area contributed by atoms with Crippen molar-refractivity contribution in [1.82, 2.24) is 10.2 Å². The minimum Gasteiger partial charge on any atom is -0.454 e. The van der Waals surface area contributed by atoms with E-state index in [4.69, 9.17) is 27.1 Å². The normalized spacial score (nSPS) is 23.7. The summed E-state index contributed by atoms with van der Waals surface area (Å²) in [6, 6.07) is 5.12. The Morgan fingerprint density at radius 2 is 1.65 bits per heavy atom. The number of aryl methyl sites for hydroxylation is 2. The van der Waals surface area contributed by atoms with Gasteiger partial charge in [-0.25, -0.2) is 19.2 Å². The van der Waals surface area contributed by atoms with Crippen molar-refractivity contribution in [3.8, 4) is 0 Å². The van der Waals surface area contributed by atoms with Gasteiger partial charge < -0.3 is 47.8 Å². The largest absolute Gasteiger partial charge is 0.519 e. The minimum atomic E-state index is -0.928. The Bertz CT molecular complexity index is 1950. The van der Waals surface area contributed by atoms with Crippen LogP contribution in [0.15, 0.2) is 62.1 Å². The molecule has 0 bridgehead atoms. The summed E-state index contributed by atoms with van der Waals surface area (Å²) in [7, 11) is 0. The van der Waals surface area contributed by atoms with Crippen molar-refractivity contribution in [3.63, 3.8) is 0 Å². The van der Waals surface area contributed by atoms with Gasteiger partial charge in [0.2, 0.25) is 11.8 Å². The number of aliphatic hydroxyl groups is 1. The molecule has 1 aromatic carbocycles. The molecule has 3 N–H and O–H groups in total. The lowest BCUT2D eigenvalue weighted by Crippen LogP contribution is -2.63. The van der Waals surface area contributed by atoms with Crippen LogP contribution in [0.3, 0.4) is 0 Å². The first-order valence-corrected chi connectivity index (χ1v) is 16.3. The van der Waals surface area contributed by atoms with E-state index in [-0.39, 0.29) is 64.6 Å². The maximum absolute atomic E-state index is 13.4. The summed E-state index contributed by atoms with van der Waals surface area (Å²) in [5, 5.41) is 16.1. The number of esters is 2. The number of β-lactam (4-membered cyclic amide) rings is 1. The summed E-state index contributed by atoms with van der Waals surface area (Å²) < 4.78 is 30.0. The highest BCUT2D eigenvalue weighted by Gasteiger charge is 2.60. The number of carbonyl (C=O) groups excluding carboxylic acids is 4. The second kappa shape index (κ2) is 13.6. The van der Waals surface area contributed by atoms with E-state index in [9.17, 15) is 33.9 Å². The first-order valence-electron chi connectivity index (χ1n) is 15.4. The Kier molecular flexibility index (Phi) is 9.41. The van der Waals surface area contributed by atoms with Crippen molar-refractivity contribution >= 4 is 41.2 Å². The standard InChI is InChI=1S/C32H33N3O13S/c1-13-24-23(14(2)36)28(38)35(24)25(30(40)44-12-22-16(4)46-32(42)48-22)26(13)49-19-9-20(33-10-19)27(37)34-18-7-5-6-17(8-18)29(39)43-11-21-15(3)45-31(41)47-21/h5-8,13-14,19-20,23-24,33,36H,9-12H2,1-4H3,(H,34,37)/t13-,14-,19+,20+,23-,24-/m1/s1. The minimum absolute atomic E-state index is 0.0445. The fourth-order valence-corrected chi connectivity index (χ4v) is 7.70. The quantitative estimate of drug-likeness (QED) is 0.192. The van der Waals surface area contributed by atoms with Gasteiger partial charge in [0.15, 0.2) is 36.3 Å². The van der Waals surface area contributed by atoms with E-state index in [0.29, 0.717) is 23.6 Å². The first kappa shape index (κ1) is 34.0. The van der Waals surface area contributed by atoms with Gasteiger partial charge in [0.05, 0.1) is 29.7 Å². The Balaban J connectivity index is 1.10. The van der Waals surface area contributed by atoms with Gasteiger partial charge >= 0.3 is 23.6 Å². The second-order valence-electron chi connectivity index (χ2n) is 12.0. The van der Waals surface area contributed by atoms with E-state index in [0.717, 1.165) is 0 Å². The summed E-state index contributed by atoms with van der Waals surface area (Å²) in [5.74, 6) is -4.54. The first-order chi connectivity index (χ1) is 23.3. The highest BCUT2D eigenvalue weighted by Crippen LogP contribution is 2.52. The maximum atomic E-state index is 13.4. The fraction of sp³-hybridized carbons (Fsp3) is 0.438. The van der Waals surface area contributed by atoms with Crippen LogP contribution in [-0.4, -0.2) is 63.7 Å². The molecule has 5 heterocycles. The zero-order chi connectivity index (χ0) is 35.1. The van der Waals surface area contributed by atoms with Gasteiger partial charge in [-0.1, -0.05) is 13.0 Å². The van der Waals surface area contributed by atoms with Gasteiger partial charge in [-0.2, -0.15) is 0 Å². The topological polar surface area (TPSA) is 221 Å². The Morgan fingerprint density at radius 1 is 1.02 bits per heavy atom. The zero-order valence-electron chi connectivity index (χ0n) is 26.8. The van der Waals surface area contributed by atoms with Crippen LogP contribution in [0.5, 0.6) is 0 Å². The molecule has 49 heavy (non-hydrogen) atoms. The predicted molar refractivity (Wildman–Crippen MR) is 168 cm³/mol. The van der Waals surface area contributed by atoms with E-state index in [1.54, 1.807) is 12.1 Å². The molecule has 0 radical (unpaired) electrons. The van der Waals surface area contributed by atoms with E-state index >= 15 is 0 Å². The maximum Gasteiger partial charge on any atom is 0.519 e. The third-order valence-electron chi connectivity index (χ3n) is 8.71. The van der Waals surface area contributed by atoms with Crippen LogP contribution in [0.1, 0.15) is 53.7 Å². The van der Waals surface area contributed by atoms with Crippen LogP contribution in [-0.2, 0) is 37.1 Å². The number of nitrogens with zero attached hydrogens (tertiary/aromatic N) is 1. The van der Waals surface area contributed by atoms with Crippen LogP contribution in [0.25, 0.3) is 0 Å². The summed E-state index contributed by atoms with van der Waals surface area (Å²) in [6.07, 6.45) is -0.547. The van der Waals surface area contributed by atoms with E-state index < -0.39 is 53.6 Å². The van der Waals surface area contributed by atoms with Crippen molar-refractivity contribution < 1.29 is 51.4 Å². The van der Waals surface area contributed by atoms with Gasteiger partial charge in [0.25, 0.3) is 0 Å². The molecule has 3 aromatic rings. The number of aliphatic hydroxyl groups excluding tert-OH is 1. The van der Waals surface area contributed by atoms with E-state index in [1.165, 1.54) is 49.6 Å². The number of hydrogen-bond donors (Lipinski definition) is 3. The average Bonchev–Trinajstić information content (AvgIpc) is 3.79. The molecule has 16 nitrogen and oxygen atoms in total. The number of rotatable bonds is 11. The van der Waals surface area contributed by atoms with Crippen molar-refractivity contribution in [3.05, 3.63) is 84.7 Å². The molecule has 2 fully saturated rings. The van der Waals surface area contributed by atoms with Crippen LogP contribution in [0.2, 0.25) is 0 Å². The molecule has 0 saturated carbocycles. The molecule has 260 valence electrons. The molecular formula is C32H33N3O13S. The van der Waals surface area contributed by atoms with Crippen molar-refractivity contribution in [1.29, 1.82) is 0 Å². The number of hydrogen-bond acceptors (Lipinski definition) is 15. The summed E-state index contributed by atoms with van der Waals surface area (Å²) in [4.78, 5) is 76.9. The number of thioether (sulfide) groups is 1. The molecule has 0 aliphatic carbocycles. The highest BCUT2D eigenvalue weighted by molar-refractivity contribution is 8.03. The molecule has 6 atom stereocenters. The molecule has 0 unspecified atom stereocenters. The molecule has 6 rings (SSSR count). The highest BCUT2D eigenvalue weighted by atomic mass is 32.2. The third kappa shape index (κ3) is 6.73. The molecule has 2 amide bonds. The molecule has 2 aromatic heterocycles. The third-order valence-corrected chi connectivity index (χ3v) is 10.2. The number of amides is 2. The predicted octanol–water partition coefficient (Wildman–Crippen LogP) is 1.97. The molecule has 3 aliphatic rings. The van der Waals surface area contributed by atoms with Gasteiger partial charge in [-0.05, 0) is 45.4 Å². The van der Waals surface area contributed by atoms with E-state index in [1.807, 2.05) is 6.92 Å². The summed E-state index contributed by atoms with van der Waals surface area (Å²) in [6.45, 7) is 6.13. The van der Waals surface area contributed by atoms with Crippen molar-refractivity contribution in [2.24, 2.45) is 11.8 Å². The van der Waals surface area contributed by atoms with Crippen LogP contribution in [0.4, 0.5) is 5.69 Å².